The highest BCUT2D eigenvalue weighted by atomic mass is 16.6. The summed E-state index contributed by atoms with van der Waals surface area (Å²) in [5, 5.41) is 0. The fraction of sp³-hybridized carbons (Fsp3) is 0.745. The van der Waals surface area contributed by atoms with Gasteiger partial charge in [-0.15, -0.1) is 0 Å². The van der Waals surface area contributed by atoms with E-state index < -0.39 is 6.10 Å². The number of rotatable bonds is 46. The minimum atomic E-state index is -0.551. The van der Waals surface area contributed by atoms with Crippen molar-refractivity contribution >= 4 is 11.9 Å². The first-order chi connectivity index (χ1) is 29.6. The Balaban J connectivity index is 4.30. The third-order valence-electron chi connectivity index (χ3n) is 10.7. The van der Waals surface area contributed by atoms with Crippen LogP contribution >= 0.6 is 0 Å². The summed E-state index contributed by atoms with van der Waals surface area (Å²) in [6.45, 7) is 7.65. The Bertz CT molecular complexity index is 1080. The van der Waals surface area contributed by atoms with Gasteiger partial charge in [0.25, 0.3) is 0 Å². The summed E-state index contributed by atoms with van der Waals surface area (Å²) in [5.74, 6) is -0.428. The molecule has 346 valence electrons. The molecule has 0 aromatic heterocycles. The maximum absolute atomic E-state index is 12.8. The van der Waals surface area contributed by atoms with E-state index in [1.165, 1.54) is 116 Å². The minimum absolute atomic E-state index is 0.0678. The largest absolute Gasteiger partial charge is 0.462 e. The molecule has 0 aliphatic carbocycles. The van der Waals surface area contributed by atoms with Gasteiger partial charge in [-0.25, -0.2) is 0 Å². The highest BCUT2D eigenvalue weighted by Crippen LogP contribution is 2.14. The third kappa shape index (κ3) is 48.0. The van der Waals surface area contributed by atoms with E-state index in [0.717, 1.165) is 89.9 Å². The second-order valence-corrected chi connectivity index (χ2v) is 16.7. The van der Waals surface area contributed by atoms with Gasteiger partial charge >= 0.3 is 11.9 Å². The summed E-state index contributed by atoms with van der Waals surface area (Å²) in [5.41, 5.74) is 0. The molecular formula is C55H96O5. The maximum atomic E-state index is 12.8. The molecule has 0 saturated carbocycles. The number of allylic oxidation sites excluding steroid dienone is 12. The Morgan fingerprint density at radius 1 is 0.383 bits per heavy atom. The summed E-state index contributed by atoms with van der Waals surface area (Å²) < 4.78 is 17.4. The lowest BCUT2D eigenvalue weighted by Gasteiger charge is -2.18. The topological polar surface area (TPSA) is 61.8 Å². The van der Waals surface area contributed by atoms with Crippen molar-refractivity contribution in [3.05, 3.63) is 72.9 Å². The molecule has 0 amide bonds. The quantitative estimate of drug-likeness (QED) is 0.0347. The van der Waals surface area contributed by atoms with Crippen molar-refractivity contribution in [2.24, 2.45) is 0 Å². The SMILES string of the molecule is CC/C=C\C/C=C\C/C=C\C/C=C\CCCCCCC(=O)OCC(COCCCCCCCC/C=C\C/C=C\CCCCC)OC(=O)CCCCCCCCCCCCC. The summed E-state index contributed by atoms with van der Waals surface area (Å²) in [6.07, 6.45) is 64.7. The van der Waals surface area contributed by atoms with Crippen molar-refractivity contribution in [1.82, 2.24) is 0 Å². The average Bonchev–Trinajstić information content (AvgIpc) is 3.25. The normalized spacial score (nSPS) is 12.8. The average molecular weight is 837 g/mol. The van der Waals surface area contributed by atoms with Crippen molar-refractivity contribution in [3.8, 4) is 0 Å². The number of carbonyl (C=O) groups excluding carboxylic acids is 2. The highest BCUT2D eigenvalue weighted by Gasteiger charge is 2.17. The van der Waals surface area contributed by atoms with Crippen LogP contribution < -0.4 is 0 Å². The van der Waals surface area contributed by atoms with E-state index in [4.69, 9.17) is 14.2 Å². The monoisotopic (exact) mass is 837 g/mol. The fourth-order valence-corrected chi connectivity index (χ4v) is 6.94. The van der Waals surface area contributed by atoms with Crippen LogP contribution in [0.1, 0.15) is 239 Å². The van der Waals surface area contributed by atoms with Gasteiger partial charge in [0.15, 0.2) is 6.10 Å². The van der Waals surface area contributed by atoms with Crippen LogP contribution in [-0.2, 0) is 23.8 Å². The smallest absolute Gasteiger partial charge is 0.306 e. The summed E-state index contributed by atoms with van der Waals surface area (Å²) in [4.78, 5) is 25.3. The van der Waals surface area contributed by atoms with Crippen LogP contribution in [0.4, 0.5) is 0 Å². The first-order valence-corrected chi connectivity index (χ1v) is 25.5. The summed E-state index contributed by atoms with van der Waals surface area (Å²) in [7, 11) is 0. The molecule has 5 heteroatoms. The molecule has 0 aliphatic rings. The molecule has 5 nitrogen and oxygen atoms in total. The zero-order valence-electron chi connectivity index (χ0n) is 39.7. The van der Waals surface area contributed by atoms with E-state index in [0.29, 0.717) is 19.4 Å². The van der Waals surface area contributed by atoms with Gasteiger partial charge in [0.05, 0.1) is 6.61 Å². The zero-order valence-corrected chi connectivity index (χ0v) is 39.7. The highest BCUT2D eigenvalue weighted by molar-refractivity contribution is 5.70. The Labute approximate surface area is 372 Å². The van der Waals surface area contributed by atoms with E-state index >= 15 is 0 Å². The summed E-state index contributed by atoms with van der Waals surface area (Å²) >= 11 is 0. The van der Waals surface area contributed by atoms with E-state index in [9.17, 15) is 9.59 Å². The number of unbranched alkanes of at least 4 members (excludes halogenated alkanes) is 23. The molecule has 1 atom stereocenters. The zero-order chi connectivity index (χ0) is 43.5. The molecule has 0 aliphatic heterocycles. The molecule has 0 aromatic rings. The number of esters is 2. The lowest BCUT2D eigenvalue weighted by atomic mass is 10.1. The Hall–Kier alpha value is -2.66. The van der Waals surface area contributed by atoms with Crippen LogP contribution in [0.15, 0.2) is 72.9 Å². The van der Waals surface area contributed by atoms with Gasteiger partial charge in [-0.1, -0.05) is 209 Å². The van der Waals surface area contributed by atoms with Crippen LogP contribution in [0.2, 0.25) is 0 Å². The van der Waals surface area contributed by atoms with Crippen molar-refractivity contribution < 1.29 is 23.8 Å². The van der Waals surface area contributed by atoms with E-state index in [-0.39, 0.29) is 25.2 Å². The first kappa shape index (κ1) is 57.3. The number of ether oxygens (including phenoxy) is 3. The Kier molecular flexibility index (Phi) is 48.4. The minimum Gasteiger partial charge on any atom is -0.462 e. The lowest BCUT2D eigenvalue weighted by molar-refractivity contribution is -0.163. The van der Waals surface area contributed by atoms with Gasteiger partial charge in [-0.3, -0.25) is 9.59 Å². The fourth-order valence-electron chi connectivity index (χ4n) is 6.94. The van der Waals surface area contributed by atoms with E-state index in [2.05, 4.69) is 93.7 Å². The molecule has 0 radical (unpaired) electrons. The molecule has 0 aromatic carbocycles. The van der Waals surface area contributed by atoms with Gasteiger partial charge < -0.3 is 14.2 Å². The Morgan fingerprint density at radius 3 is 1.23 bits per heavy atom. The van der Waals surface area contributed by atoms with E-state index in [1.807, 2.05) is 0 Å². The molecule has 1 unspecified atom stereocenters. The van der Waals surface area contributed by atoms with Crippen molar-refractivity contribution in [1.29, 1.82) is 0 Å². The first-order valence-electron chi connectivity index (χ1n) is 25.5. The van der Waals surface area contributed by atoms with Crippen molar-refractivity contribution in [2.45, 2.75) is 245 Å². The van der Waals surface area contributed by atoms with Crippen LogP contribution in [-0.4, -0.2) is 37.9 Å². The van der Waals surface area contributed by atoms with Gasteiger partial charge in [-0.05, 0) is 89.9 Å². The molecule has 0 saturated heterocycles. The number of carbonyl (C=O) groups is 2. The van der Waals surface area contributed by atoms with Crippen LogP contribution in [0, 0.1) is 0 Å². The number of hydrogen-bond acceptors (Lipinski definition) is 5. The molecule has 0 N–H and O–H groups in total. The second kappa shape index (κ2) is 50.7. The molecular weight excluding hydrogens is 741 g/mol. The second-order valence-electron chi connectivity index (χ2n) is 16.7. The molecule has 0 bridgehead atoms. The summed E-state index contributed by atoms with van der Waals surface area (Å²) in [6, 6.07) is 0. The van der Waals surface area contributed by atoms with Gasteiger partial charge in [0, 0.05) is 19.4 Å². The Morgan fingerprint density at radius 2 is 0.750 bits per heavy atom. The van der Waals surface area contributed by atoms with E-state index in [1.54, 1.807) is 0 Å². The van der Waals surface area contributed by atoms with Crippen LogP contribution in [0.3, 0.4) is 0 Å². The molecule has 0 rings (SSSR count). The maximum Gasteiger partial charge on any atom is 0.306 e. The molecule has 0 fully saturated rings. The molecule has 60 heavy (non-hydrogen) atoms. The predicted molar refractivity (Wildman–Crippen MR) is 260 cm³/mol. The van der Waals surface area contributed by atoms with Gasteiger partial charge in [0.1, 0.15) is 6.61 Å². The predicted octanol–water partition coefficient (Wildman–Crippen LogP) is 17.1. The number of hydrogen-bond donors (Lipinski definition) is 0. The molecule has 0 spiro atoms. The van der Waals surface area contributed by atoms with Gasteiger partial charge in [-0.2, -0.15) is 0 Å². The molecule has 0 heterocycles. The van der Waals surface area contributed by atoms with Gasteiger partial charge in [0.2, 0.25) is 0 Å². The lowest BCUT2D eigenvalue weighted by Crippen LogP contribution is -2.30. The van der Waals surface area contributed by atoms with Crippen LogP contribution in [0.25, 0.3) is 0 Å². The third-order valence-corrected chi connectivity index (χ3v) is 10.7. The van der Waals surface area contributed by atoms with Crippen LogP contribution in [0.5, 0.6) is 0 Å². The van der Waals surface area contributed by atoms with Crippen molar-refractivity contribution in [2.75, 3.05) is 19.8 Å². The van der Waals surface area contributed by atoms with Crippen molar-refractivity contribution in [3.63, 3.8) is 0 Å². The standard InChI is InChI=1S/C55H96O5/c1-4-7-10-13-16-19-22-24-26-28-29-31-34-36-39-42-45-48-54(56)59-52-53(60-55(57)49-46-43-40-37-33-21-18-15-12-9-6-3)51-58-50-47-44-41-38-35-32-30-27-25-23-20-17-14-11-8-5-2/h7,10,16-17,19-20,24-27,29,31,53H,4-6,8-9,11-15,18,21-23,28,30,32-52H2,1-3H3/b10-7-,19-16-,20-17-,26-24-,27-25-,31-29-.